The Hall–Kier alpha value is -1.62. The van der Waals surface area contributed by atoms with E-state index in [4.69, 9.17) is 0 Å². The second-order valence-corrected chi connectivity index (χ2v) is 6.25. The summed E-state index contributed by atoms with van der Waals surface area (Å²) in [6.07, 6.45) is 3.10. The molecule has 2 heteroatoms. The second-order valence-electron chi connectivity index (χ2n) is 6.25. The highest BCUT2D eigenvalue weighted by molar-refractivity contribution is 5.91. The van der Waals surface area contributed by atoms with Gasteiger partial charge in [-0.15, -0.1) is 0 Å². The Labute approximate surface area is 115 Å². The normalized spacial score (nSPS) is 22.7. The third-order valence-electron chi connectivity index (χ3n) is 4.51. The van der Waals surface area contributed by atoms with Gasteiger partial charge in [0.25, 0.3) is 0 Å². The van der Waals surface area contributed by atoms with Gasteiger partial charge in [-0.05, 0) is 36.3 Å². The quantitative estimate of drug-likeness (QED) is 0.819. The molecule has 2 nitrogen and oxygen atoms in total. The van der Waals surface area contributed by atoms with Crippen LogP contribution in [0, 0.1) is 29.6 Å². The van der Waals surface area contributed by atoms with Crippen molar-refractivity contribution in [1.29, 1.82) is 5.26 Å². The van der Waals surface area contributed by atoms with E-state index in [1.165, 1.54) is 0 Å². The Morgan fingerprint density at radius 1 is 1.42 bits per heavy atom. The van der Waals surface area contributed by atoms with Gasteiger partial charge in [-0.3, -0.25) is 4.79 Å². The lowest BCUT2D eigenvalue weighted by Crippen LogP contribution is -2.29. The summed E-state index contributed by atoms with van der Waals surface area (Å²) in [5.41, 5.74) is 1.94. The Kier molecular flexibility index (Phi) is 3.75. The lowest BCUT2D eigenvalue weighted by molar-refractivity contribution is -0.125. The lowest BCUT2D eigenvalue weighted by Gasteiger charge is -2.27. The highest BCUT2D eigenvalue weighted by Gasteiger charge is 2.42. The summed E-state index contributed by atoms with van der Waals surface area (Å²) in [7, 11) is 0. The van der Waals surface area contributed by atoms with E-state index in [0.717, 1.165) is 30.4 Å². The van der Waals surface area contributed by atoms with Gasteiger partial charge in [-0.25, -0.2) is 0 Å². The molecule has 0 amide bonds. The van der Waals surface area contributed by atoms with Crippen molar-refractivity contribution in [1.82, 2.24) is 0 Å². The number of hydrogen-bond donors (Lipinski definition) is 0. The average molecular weight is 255 g/mol. The van der Waals surface area contributed by atoms with Crippen LogP contribution in [0.2, 0.25) is 0 Å². The van der Waals surface area contributed by atoms with Crippen molar-refractivity contribution >= 4 is 5.78 Å². The van der Waals surface area contributed by atoms with Crippen LogP contribution in [0.1, 0.15) is 50.2 Å². The number of rotatable bonds is 3. The van der Waals surface area contributed by atoms with Crippen LogP contribution < -0.4 is 0 Å². The predicted molar refractivity (Wildman–Crippen MR) is 75.7 cm³/mol. The molecule has 2 unspecified atom stereocenters. The Bertz CT molecular complexity index is 524. The molecule has 0 aromatic heterocycles. The zero-order chi connectivity index (χ0) is 14.0. The molecule has 0 aliphatic heterocycles. The molecule has 1 saturated carbocycles. The van der Waals surface area contributed by atoms with Crippen LogP contribution in [-0.4, -0.2) is 5.78 Å². The number of benzene rings is 1. The van der Waals surface area contributed by atoms with Gasteiger partial charge < -0.3 is 0 Å². The largest absolute Gasteiger partial charge is 0.298 e. The molecule has 0 bridgehead atoms. The van der Waals surface area contributed by atoms with Crippen molar-refractivity contribution < 1.29 is 4.79 Å². The zero-order valence-corrected chi connectivity index (χ0v) is 11.9. The third-order valence-corrected chi connectivity index (χ3v) is 4.51. The number of ketones is 1. The number of Topliss-reactive ketones (excluding diaryl/α,β-unsaturated/α-hetero) is 1. The summed E-state index contributed by atoms with van der Waals surface area (Å²) in [6.45, 7) is 6.26. The van der Waals surface area contributed by atoms with Gasteiger partial charge in [0, 0.05) is 5.92 Å². The summed E-state index contributed by atoms with van der Waals surface area (Å²) in [5.74, 6) is -0.473. The molecular weight excluding hydrogens is 234 g/mol. The highest BCUT2D eigenvalue weighted by atomic mass is 16.1. The number of carbonyl (C=O) groups excluding carboxylic acids is 1. The Balaban J connectivity index is 2.32. The summed E-state index contributed by atoms with van der Waals surface area (Å²) >= 11 is 0. The first-order valence-electron chi connectivity index (χ1n) is 6.96. The van der Waals surface area contributed by atoms with Crippen LogP contribution >= 0.6 is 0 Å². The molecule has 2 atom stereocenters. The van der Waals surface area contributed by atoms with Gasteiger partial charge in [-0.1, -0.05) is 44.5 Å². The van der Waals surface area contributed by atoms with Crippen LogP contribution in [0.15, 0.2) is 24.3 Å². The first kappa shape index (κ1) is 13.8. The molecule has 1 fully saturated rings. The summed E-state index contributed by atoms with van der Waals surface area (Å²) < 4.78 is 0. The Morgan fingerprint density at radius 3 is 2.63 bits per heavy atom. The van der Waals surface area contributed by atoms with Crippen molar-refractivity contribution in [2.75, 3.05) is 0 Å². The molecule has 100 valence electrons. The molecule has 1 aliphatic rings. The van der Waals surface area contributed by atoms with Gasteiger partial charge in [0.1, 0.15) is 5.92 Å². The SMILES string of the molecule is Cc1ccccc1C(C#N)C(=O)C1CCCC1(C)C. The third kappa shape index (κ3) is 2.56. The fraction of sp³-hybridized carbons (Fsp3) is 0.529. The van der Waals surface area contributed by atoms with E-state index in [1.54, 1.807) is 0 Å². The number of carbonyl (C=O) groups is 1. The fourth-order valence-corrected chi connectivity index (χ4v) is 3.25. The highest BCUT2D eigenvalue weighted by Crippen LogP contribution is 2.45. The van der Waals surface area contributed by atoms with E-state index in [9.17, 15) is 10.1 Å². The van der Waals surface area contributed by atoms with Crippen molar-refractivity contribution in [2.24, 2.45) is 11.3 Å². The number of aryl methyl sites for hydroxylation is 1. The van der Waals surface area contributed by atoms with Crippen LogP contribution in [-0.2, 0) is 4.79 Å². The van der Waals surface area contributed by atoms with Crippen LogP contribution in [0.5, 0.6) is 0 Å². The van der Waals surface area contributed by atoms with Gasteiger partial charge in [0.15, 0.2) is 5.78 Å². The zero-order valence-electron chi connectivity index (χ0n) is 11.9. The second kappa shape index (κ2) is 5.17. The van der Waals surface area contributed by atoms with Gasteiger partial charge in [0.2, 0.25) is 0 Å². The topological polar surface area (TPSA) is 40.9 Å². The molecule has 2 rings (SSSR count). The van der Waals surface area contributed by atoms with Gasteiger partial charge >= 0.3 is 0 Å². The molecule has 0 radical (unpaired) electrons. The molecule has 1 aromatic rings. The summed E-state index contributed by atoms with van der Waals surface area (Å²) in [6, 6.07) is 9.94. The van der Waals surface area contributed by atoms with E-state index in [2.05, 4.69) is 19.9 Å². The van der Waals surface area contributed by atoms with E-state index >= 15 is 0 Å². The van der Waals surface area contributed by atoms with E-state index < -0.39 is 5.92 Å². The smallest absolute Gasteiger partial charge is 0.158 e. The average Bonchev–Trinajstić information content (AvgIpc) is 2.72. The summed E-state index contributed by atoms with van der Waals surface area (Å²) in [4.78, 5) is 12.7. The van der Waals surface area contributed by atoms with E-state index in [-0.39, 0.29) is 17.1 Å². The minimum Gasteiger partial charge on any atom is -0.298 e. The monoisotopic (exact) mass is 255 g/mol. The number of hydrogen-bond acceptors (Lipinski definition) is 2. The van der Waals surface area contributed by atoms with Crippen LogP contribution in [0.25, 0.3) is 0 Å². The molecule has 1 aliphatic carbocycles. The first-order chi connectivity index (χ1) is 8.97. The van der Waals surface area contributed by atoms with E-state index in [0.29, 0.717) is 0 Å². The summed E-state index contributed by atoms with van der Waals surface area (Å²) in [5, 5.41) is 9.43. The maximum atomic E-state index is 12.7. The number of nitriles is 1. The minimum atomic E-state index is -0.608. The minimum absolute atomic E-state index is 0.0248. The van der Waals surface area contributed by atoms with E-state index in [1.807, 2.05) is 31.2 Å². The Morgan fingerprint density at radius 2 is 2.11 bits per heavy atom. The van der Waals surface area contributed by atoms with Crippen LogP contribution in [0.4, 0.5) is 0 Å². The van der Waals surface area contributed by atoms with Crippen molar-refractivity contribution in [3.05, 3.63) is 35.4 Å². The maximum absolute atomic E-state index is 12.7. The standard InChI is InChI=1S/C17H21NO/c1-12-7-4-5-8-13(12)14(11-18)16(19)15-9-6-10-17(15,2)3/h4-5,7-8,14-15H,6,9-10H2,1-3H3. The predicted octanol–water partition coefficient (Wildman–Crippen LogP) is 4.00. The molecule has 1 aromatic carbocycles. The van der Waals surface area contributed by atoms with Crippen molar-refractivity contribution in [3.8, 4) is 6.07 Å². The molecule has 0 N–H and O–H groups in total. The molecular formula is C17H21NO. The molecule has 0 spiro atoms. The fourth-order valence-electron chi connectivity index (χ4n) is 3.25. The maximum Gasteiger partial charge on any atom is 0.158 e. The van der Waals surface area contributed by atoms with Crippen molar-refractivity contribution in [3.63, 3.8) is 0 Å². The lowest BCUT2D eigenvalue weighted by atomic mass is 9.74. The van der Waals surface area contributed by atoms with Crippen molar-refractivity contribution in [2.45, 2.75) is 46.0 Å². The van der Waals surface area contributed by atoms with Gasteiger partial charge in [0.05, 0.1) is 6.07 Å². The number of nitrogens with zero attached hydrogens (tertiary/aromatic N) is 1. The van der Waals surface area contributed by atoms with Gasteiger partial charge in [-0.2, -0.15) is 5.26 Å². The molecule has 0 saturated heterocycles. The first-order valence-corrected chi connectivity index (χ1v) is 6.96. The molecule has 0 heterocycles. The molecule has 19 heavy (non-hydrogen) atoms. The van der Waals surface area contributed by atoms with Crippen LogP contribution in [0.3, 0.4) is 0 Å².